The molecule has 0 aliphatic heterocycles. The minimum Gasteiger partial charge on any atom is -0.346 e. The fraction of sp³-hybridized carbons (Fsp3) is 0.750. The van der Waals surface area contributed by atoms with E-state index in [2.05, 4.69) is 20.8 Å². The molecule has 0 aromatic heterocycles. The molecular weight excluding hydrogens is 155 g/mol. The van der Waals surface area contributed by atoms with Crippen molar-refractivity contribution >= 4 is 0 Å². The fourth-order valence-electron chi connectivity index (χ4n) is 0.427. The third-order valence-electron chi connectivity index (χ3n) is 0.854. The third kappa shape index (κ3) is 29.3. The molecule has 0 aromatic carbocycles. The van der Waals surface area contributed by atoms with E-state index in [-0.39, 0.29) is 16.5 Å². The van der Waals surface area contributed by atoms with E-state index in [1.165, 1.54) is 19.3 Å². The van der Waals surface area contributed by atoms with Crippen LogP contribution in [-0.2, 0) is 16.5 Å². The zero-order chi connectivity index (χ0) is 6.83. The van der Waals surface area contributed by atoms with Crippen LogP contribution in [0.25, 0.3) is 0 Å². The third-order valence-corrected chi connectivity index (χ3v) is 0.854. The van der Waals surface area contributed by atoms with E-state index in [0.717, 1.165) is 6.42 Å². The average molecular weight is 173 g/mol. The van der Waals surface area contributed by atoms with Gasteiger partial charge in [0.15, 0.2) is 0 Å². The normalized spacial score (nSPS) is 6.67. The van der Waals surface area contributed by atoms with Gasteiger partial charge in [-0.1, -0.05) is 26.2 Å². The van der Waals surface area contributed by atoms with Crippen LogP contribution in [0.4, 0.5) is 0 Å². The first-order valence-corrected chi connectivity index (χ1v) is 3.41. The summed E-state index contributed by atoms with van der Waals surface area (Å²) in [6, 6.07) is 0. The average Bonchev–Trinajstić information content (AvgIpc) is 1.88. The molecule has 60 valence electrons. The van der Waals surface area contributed by atoms with Gasteiger partial charge in [0, 0.05) is 0 Å². The summed E-state index contributed by atoms with van der Waals surface area (Å²) in [6.07, 6.45) is 5.07. The summed E-state index contributed by atoms with van der Waals surface area (Å²) in [5, 5.41) is 0. The van der Waals surface area contributed by atoms with E-state index in [1.807, 2.05) is 0 Å². The van der Waals surface area contributed by atoms with Gasteiger partial charge in [-0.2, -0.15) is 13.3 Å². The SMILES string of the molecule is [CH2-]C.[CH2-]CCCCC.[Ni+2]. The Hall–Kier alpha value is 0.494. The second-order valence-electron chi connectivity index (χ2n) is 1.56. The van der Waals surface area contributed by atoms with Crippen LogP contribution < -0.4 is 0 Å². The molecule has 0 atom stereocenters. The molecule has 0 aromatic rings. The van der Waals surface area contributed by atoms with Crippen LogP contribution in [0.2, 0.25) is 0 Å². The van der Waals surface area contributed by atoms with Gasteiger partial charge in [0.2, 0.25) is 0 Å². The molecule has 0 saturated carbocycles. The monoisotopic (exact) mass is 172 g/mol. The maximum Gasteiger partial charge on any atom is 2.00 e. The minimum atomic E-state index is 0. The van der Waals surface area contributed by atoms with Crippen LogP contribution in [0, 0.1) is 13.8 Å². The van der Waals surface area contributed by atoms with E-state index in [0.29, 0.717) is 0 Å². The fourth-order valence-corrected chi connectivity index (χ4v) is 0.427. The maximum absolute atomic E-state index is 3.72. The van der Waals surface area contributed by atoms with Crippen molar-refractivity contribution in [1.82, 2.24) is 0 Å². The van der Waals surface area contributed by atoms with Gasteiger partial charge >= 0.3 is 16.5 Å². The Balaban J connectivity index is -0.000000109. The number of hydrogen-bond donors (Lipinski definition) is 0. The molecule has 0 rings (SSSR count). The topological polar surface area (TPSA) is 0 Å². The Kier molecular flexibility index (Phi) is 42.6. The molecule has 0 bridgehead atoms. The molecule has 0 aliphatic carbocycles. The Morgan fingerprint density at radius 3 is 1.67 bits per heavy atom. The largest absolute Gasteiger partial charge is 2.00 e. The van der Waals surface area contributed by atoms with Crippen LogP contribution in [0.15, 0.2) is 0 Å². The Morgan fingerprint density at radius 2 is 1.56 bits per heavy atom. The number of unbranched alkanes of at least 4 members (excludes halogenated alkanes) is 3. The summed E-state index contributed by atoms with van der Waals surface area (Å²) >= 11 is 0. The van der Waals surface area contributed by atoms with Gasteiger partial charge in [-0.3, -0.25) is 0 Å². The molecule has 0 unspecified atom stereocenters. The van der Waals surface area contributed by atoms with Crippen LogP contribution in [0.5, 0.6) is 0 Å². The quantitative estimate of drug-likeness (QED) is 0.349. The molecule has 0 fully saturated rings. The van der Waals surface area contributed by atoms with Gasteiger partial charge in [-0.15, -0.1) is 0 Å². The van der Waals surface area contributed by atoms with E-state index in [4.69, 9.17) is 0 Å². The van der Waals surface area contributed by atoms with Gasteiger partial charge in [0.1, 0.15) is 0 Å². The summed E-state index contributed by atoms with van der Waals surface area (Å²) in [7, 11) is 0. The standard InChI is InChI=1S/C6H13.C2H5.Ni/c1-3-5-6-4-2;1-2;/h1,3-6H2,2H3;1H2,2H3;/q2*-1;+2. The molecule has 0 amide bonds. The van der Waals surface area contributed by atoms with Crippen molar-refractivity contribution in [3.8, 4) is 0 Å². The Labute approximate surface area is 70.3 Å². The van der Waals surface area contributed by atoms with Crippen LogP contribution in [-0.4, -0.2) is 0 Å². The molecule has 0 saturated heterocycles. The van der Waals surface area contributed by atoms with Gasteiger partial charge in [0.05, 0.1) is 0 Å². The number of rotatable bonds is 3. The van der Waals surface area contributed by atoms with Gasteiger partial charge in [0.25, 0.3) is 0 Å². The first-order chi connectivity index (χ1) is 3.91. The molecule has 1 heteroatoms. The van der Waals surface area contributed by atoms with Crippen LogP contribution in [0.3, 0.4) is 0 Å². The van der Waals surface area contributed by atoms with Crippen molar-refractivity contribution in [3.05, 3.63) is 13.8 Å². The maximum atomic E-state index is 3.72. The van der Waals surface area contributed by atoms with E-state index in [1.54, 1.807) is 6.92 Å². The smallest absolute Gasteiger partial charge is 0.346 e. The van der Waals surface area contributed by atoms with Crippen molar-refractivity contribution in [2.24, 2.45) is 0 Å². The predicted molar refractivity (Wildman–Crippen MR) is 40.5 cm³/mol. The summed E-state index contributed by atoms with van der Waals surface area (Å²) in [5.41, 5.74) is 0. The van der Waals surface area contributed by atoms with Crippen LogP contribution >= 0.6 is 0 Å². The number of hydrogen-bond acceptors (Lipinski definition) is 0. The predicted octanol–water partition coefficient (Wildman–Crippen LogP) is 3.24. The van der Waals surface area contributed by atoms with Crippen molar-refractivity contribution in [1.29, 1.82) is 0 Å². The summed E-state index contributed by atoms with van der Waals surface area (Å²) in [6.45, 7) is 10.9. The first kappa shape index (κ1) is 16.2. The molecule has 0 aliphatic rings. The summed E-state index contributed by atoms with van der Waals surface area (Å²) in [4.78, 5) is 0. The molecule has 0 N–H and O–H groups in total. The molecular formula is C8H18Ni. The second kappa shape index (κ2) is 23.6. The van der Waals surface area contributed by atoms with Gasteiger partial charge in [-0.25, -0.2) is 0 Å². The molecule has 9 heavy (non-hydrogen) atoms. The minimum absolute atomic E-state index is 0. The van der Waals surface area contributed by atoms with Crippen molar-refractivity contribution in [3.63, 3.8) is 0 Å². The molecule has 0 heterocycles. The zero-order valence-electron chi connectivity index (χ0n) is 6.56. The first-order valence-electron chi connectivity index (χ1n) is 3.41. The zero-order valence-corrected chi connectivity index (χ0v) is 7.55. The van der Waals surface area contributed by atoms with Crippen molar-refractivity contribution in [2.45, 2.75) is 39.5 Å². The van der Waals surface area contributed by atoms with E-state index >= 15 is 0 Å². The molecule has 0 radical (unpaired) electrons. The van der Waals surface area contributed by atoms with Crippen LogP contribution in [0.1, 0.15) is 39.5 Å². The van der Waals surface area contributed by atoms with Crippen molar-refractivity contribution < 1.29 is 16.5 Å². The van der Waals surface area contributed by atoms with Gasteiger partial charge < -0.3 is 13.8 Å². The Bertz CT molecular complexity index is 16.5. The molecule has 0 nitrogen and oxygen atoms in total. The van der Waals surface area contributed by atoms with Crippen molar-refractivity contribution in [2.75, 3.05) is 0 Å². The second-order valence-corrected chi connectivity index (χ2v) is 1.56. The molecule has 0 spiro atoms. The summed E-state index contributed by atoms with van der Waals surface area (Å²) < 4.78 is 0. The van der Waals surface area contributed by atoms with E-state index in [9.17, 15) is 0 Å². The van der Waals surface area contributed by atoms with Gasteiger partial charge in [-0.05, 0) is 0 Å². The summed E-state index contributed by atoms with van der Waals surface area (Å²) in [5.74, 6) is 0. The Morgan fingerprint density at radius 1 is 1.11 bits per heavy atom. The van der Waals surface area contributed by atoms with E-state index < -0.39 is 0 Å².